The lowest BCUT2D eigenvalue weighted by atomic mass is 10.0. The van der Waals surface area contributed by atoms with E-state index in [2.05, 4.69) is 5.32 Å². The first kappa shape index (κ1) is 23.6. The van der Waals surface area contributed by atoms with Crippen LogP contribution in [0.5, 0.6) is 0 Å². The zero-order valence-corrected chi connectivity index (χ0v) is 19.9. The quantitative estimate of drug-likeness (QED) is 0.387. The molecule has 0 saturated carbocycles. The van der Waals surface area contributed by atoms with Gasteiger partial charge in [0.05, 0.1) is 24.0 Å². The molecule has 4 aromatic rings. The number of amides is 1. The van der Waals surface area contributed by atoms with Gasteiger partial charge in [0, 0.05) is 28.3 Å². The Hall–Kier alpha value is -3.52. The molecule has 0 unspecified atom stereocenters. The van der Waals surface area contributed by atoms with Crippen molar-refractivity contribution in [2.75, 3.05) is 5.75 Å². The van der Waals surface area contributed by atoms with Crippen molar-refractivity contribution >= 4 is 45.6 Å². The number of nitrogens with one attached hydrogen (secondary N) is 1. The molecule has 2 heterocycles. The summed E-state index contributed by atoms with van der Waals surface area (Å²) in [5, 5.41) is 15.7. The third-order valence-corrected chi connectivity index (χ3v) is 7.04. The molecule has 0 fully saturated rings. The van der Waals surface area contributed by atoms with Crippen molar-refractivity contribution < 1.29 is 23.5 Å². The Kier molecular flexibility index (Phi) is 6.79. The molecule has 2 aromatic carbocycles. The molecule has 176 valence electrons. The topological polar surface area (TPSA) is 113 Å². The number of rotatable bonds is 8. The second kappa shape index (κ2) is 9.77. The lowest BCUT2D eigenvalue weighted by Crippen LogP contribution is -2.50. The van der Waals surface area contributed by atoms with Gasteiger partial charge in [-0.1, -0.05) is 30.3 Å². The normalized spacial score (nSPS) is 12.2. The molecule has 1 N–H and O–H groups in total. The van der Waals surface area contributed by atoms with Crippen LogP contribution in [0.2, 0.25) is 0 Å². The van der Waals surface area contributed by atoms with E-state index < -0.39 is 23.5 Å². The van der Waals surface area contributed by atoms with Crippen LogP contribution in [0.15, 0.2) is 56.1 Å². The van der Waals surface area contributed by atoms with Crippen LogP contribution in [-0.4, -0.2) is 23.7 Å². The number of hydrogen-bond donors (Lipinski definition) is 1. The molecule has 1 atom stereocenters. The molecule has 0 aliphatic rings. The van der Waals surface area contributed by atoms with Crippen molar-refractivity contribution in [3.8, 4) is 0 Å². The maximum absolute atomic E-state index is 12.7. The second-order valence-corrected chi connectivity index (χ2v) is 9.27. The number of aliphatic carboxylic acids is 1. The largest absolute Gasteiger partial charge is 0.548 e. The highest BCUT2D eigenvalue weighted by Crippen LogP contribution is 2.31. The van der Waals surface area contributed by atoms with E-state index in [9.17, 15) is 19.5 Å². The molecule has 34 heavy (non-hydrogen) atoms. The van der Waals surface area contributed by atoms with Gasteiger partial charge in [0.15, 0.2) is 0 Å². The van der Waals surface area contributed by atoms with Crippen molar-refractivity contribution in [1.29, 1.82) is 0 Å². The summed E-state index contributed by atoms with van der Waals surface area (Å²) in [5.41, 5.74) is 3.21. The number of carbonyl (C=O) groups excluding carboxylic acids is 2. The van der Waals surface area contributed by atoms with Crippen LogP contribution in [0.25, 0.3) is 21.9 Å². The summed E-state index contributed by atoms with van der Waals surface area (Å²) < 4.78 is 11.2. The standard InChI is InChI=1S/C26H25NO6S/c1-14-16(3)32-22-11-23-19(9-18(14)22)15(2)20(26(31)33-23)10-24(28)27-21(25(29)30)13-34-12-17-7-5-4-6-8-17/h4-9,11,21H,10,12-13H2,1-3H3,(H,27,28)(H,29,30)/p-1/t21-/m0/s1. The SMILES string of the molecule is Cc1oc2cc3oc(=O)c(CC(=O)N[C@@H](CSCc4ccccc4)C(=O)[O-])c(C)c3cc2c1C. The molecular formula is C26H24NO6S-. The van der Waals surface area contributed by atoms with Crippen LogP contribution in [0.3, 0.4) is 0 Å². The van der Waals surface area contributed by atoms with Crippen LogP contribution in [0, 0.1) is 20.8 Å². The maximum Gasteiger partial charge on any atom is 0.340 e. The van der Waals surface area contributed by atoms with E-state index in [1.807, 2.05) is 50.2 Å². The van der Waals surface area contributed by atoms with E-state index in [0.29, 0.717) is 27.9 Å². The third-order valence-electron chi connectivity index (χ3n) is 5.94. The van der Waals surface area contributed by atoms with Crippen molar-refractivity contribution in [2.45, 2.75) is 39.0 Å². The average molecular weight is 479 g/mol. The number of hydrogen-bond acceptors (Lipinski definition) is 7. The van der Waals surface area contributed by atoms with Crippen molar-refractivity contribution in [3.63, 3.8) is 0 Å². The fourth-order valence-electron chi connectivity index (χ4n) is 3.87. The van der Waals surface area contributed by atoms with Crippen molar-refractivity contribution in [3.05, 3.63) is 80.9 Å². The minimum Gasteiger partial charge on any atom is -0.548 e. The summed E-state index contributed by atoms with van der Waals surface area (Å²) in [5.74, 6) is -0.422. The first-order valence-electron chi connectivity index (χ1n) is 10.8. The predicted molar refractivity (Wildman–Crippen MR) is 130 cm³/mol. The van der Waals surface area contributed by atoms with E-state index in [0.717, 1.165) is 22.3 Å². The van der Waals surface area contributed by atoms with Crippen LogP contribution >= 0.6 is 11.8 Å². The zero-order valence-electron chi connectivity index (χ0n) is 19.1. The number of furan rings is 1. The van der Waals surface area contributed by atoms with Crippen molar-refractivity contribution in [1.82, 2.24) is 5.32 Å². The molecular weight excluding hydrogens is 454 g/mol. The van der Waals surface area contributed by atoms with E-state index in [1.165, 1.54) is 11.8 Å². The van der Waals surface area contributed by atoms with Gasteiger partial charge < -0.3 is 24.1 Å². The van der Waals surface area contributed by atoms with Gasteiger partial charge in [0.2, 0.25) is 5.91 Å². The Labute approximate surface area is 200 Å². The highest BCUT2D eigenvalue weighted by molar-refractivity contribution is 7.98. The smallest absolute Gasteiger partial charge is 0.340 e. The number of carboxylic acids is 1. The predicted octanol–water partition coefficient (Wildman–Crippen LogP) is 3.18. The maximum atomic E-state index is 12.7. The molecule has 0 saturated heterocycles. The highest BCUT2D eigenvalue weighted by Gasteiger charge is 2.20. The van der Waals surface area contributed by atoms with Crippen LogP contribution in [-0.2, 0) is 21.8 Å². The number of aryl methyl sites for hydroxylation is 3. The van der Waals surface area contributed by atoms with Gasteiger partial charge in [-0.3, -0.25) is 4.79 Å². The molecule has 7 nitrogen and oxygen atoms in total. The van der Waals surface area contributed by atoms with Crippen LogP contribution in [0.1, 0.15) is 28.0 Å². The molecule has 0 spiro atoms. The van der Waals surface area contributed by atoms with Gasteiger partial charge in [0.25, 0.3) is 0 Å². The highest BCUT2D eigenvalue weighted by atomic mass is 32.2. The number of benzene rings is 2. The summed E-state index contributed by atoms with van der Waals surface area (Å²) in [6.45, 7) is 5.57. The molecule has 4 rings (SSSR count). The lowest BCUT2D eigenvalue weighted by Gasteiger charge is -2.19. The number of carboxylic acid groups (broad SMARTS) is 1. The fraction of sp³-hybridized carbons (Fsp3) is 0.269. The zero-order chi connectivity index (χ0) is 24.4. The van der Waals surface area contributed by atoms with E-state index in [1.54, 1.807) is 13.0 Å². The van der Waals surface area contributed by atoms with Crippen molar-refractivity contribution in [2.24, 2.45) is 0 Å². The monoisotopic (exact) mass is 478 g/mol. The Morgan fingerprint density at radius 3 is 2.38 bits per heavy atom. The molecule has 0 bridgehead atoms. The first-order valence-corrected chi connectivity index (χ1v) is 12.0. The number of fused-ring (bicyclic) bond motifs is 2. The molecule has 8 heteroatoms. The lowest BCUT2D eigenvalue weighted by molar-refractivity contribution is -0.307. The molecule has 0 aliphatic heterocycles. The molecule has 1 amide bonds. The van der Waals surface area contributed by atoms with E-state index in [4.69, 9.17) is 8.83 Å². The third kappa shape index (κ3) is 4.87. The fourth-order valence-corrected chi connectivity index (χ4v) is 4.87. The van der Waals surface area contributed by atoms with Crippen LogP contribution in [0.4, 0.5) is 0 Å². The Morgan fingerprint density at radius 1 is 1.00 bits per heavy atom. The number of carbonyl (C=O) groups is 2. The van der Waals surface area contributed by atoms with Gasteiger partial charge in [-0.2, -0.15) is 11.8 Å². The van der Waals surface area contributed by atoms with Gasteiger partial charge in [-0.05, 0) is 43.5 Å². The molecule has 0 radical (unpaired) electrons. The summed E-state index contributed by atoms with van der Waals surface area (Å²) >= 11 is 1.38. The van der Waals surface area contributed by atoms with E-state index in [-0.39, 0.29) is 17.7 Å². The average Bonchev–Trinajstić information content (AvgIpc) is 3.08. The molecule has 0 aliphatic carbocycles. The van der Waals surface area contributed by atoms with Crippen LogP contribution < -0.4 is 16.0 Å². The van der Waals surface area contributed by atoms with Gasteiger partial charge in [-0.25, -0.2) is 4.79 Å². The second-order valence-electron chi connectivity index (χ2n) is 8.24. The number of thioether (sulfide) groups is 1. The summed E-state index contributed by atoms with van der Waals surface area (Å²) in [4.78, 5) is 36.9. The Balaban J connectivity index is 1.51. The Bertz CT molecular complexity index is 1440. The minimum atomic E-state index is -1.37. The van der Waals surface area contributed by atoms with Gasteiger partial charge in [-0.15, -0.1) is 0 Å². The summed E-state index contributed by atoms with van der Waals surface area (Å²) in [7, 11) is 0. The van der Waals surface area contributed by atoms with Gasteiger partial charge in [0.1, 0.15) is 16.9 Å². The summed E-state index contributed by atoms with van der Waals surface area (Å²) in [6.07, 6.45) is -0.293. The molecule has 2 aromatic heterocycles. The summed E-state index contributed by atoms with van der Waals surface area (Å²) in [6, 6.07) is 12.0. The van der Waals surface area contributed by atoms with E-state index >= 15 is 0 Å². The first-order chi connectivity index (χ1) is 16.2. The van der Waals surface area contributed by atoms with Gasteiger partial charge >= 0.3 is 5.63 Å². The minimum absolute atomic E-state index is 0.144. The Morgan fingerprint density at radius 2 is 1.68 bits per heavy atom.